The number of ether oxygens (including phenoxy) is 1. The third kappa shape index (κ3) is 4.11. The maximum Gasteiger partial charge on any atom is 0.252 e. The van der Waals surface area contributed by atoms with E-state index in [1.165, 1.54) is 16.6 Å². The smallest absolute Gasteiger partial charge is 0.252 e. The van der Waals surface area contributed by atoms with Crippen LogP contribution in [0.2, 0.25) is 0 Å². The topological polar surface area (TPSA) is 56.2 Å². The number of pyridine rings is 1. The average Bonchev–Trinajstić information content (AvgIpc) is 3.30. The van der Waals surface area contributed by atoms with Crippen LogP contribution in [0.3, 0.4) is 0 Å². The second-order valence-electron chi connectivity index (χ2n) is 6.74. The highest BCUT2D eigenvalue weighted by atomic mass is 32.2. The molecule has 0 spiro atoms. The third-order valence-corrected chi connectivity index (χ3v) is 5.94. The Bertz CT molecular complexity index is 930. The van der Waals surface area contributed by atoms with Gasteiger partial charge in [-0.3, -0.25) is 4.79 Å². The van der Waals surface area contributed by atoms with Gasteiger partial charge in [-0.15, -0.1) is 0 Å². The molecule has 1 amide bonds. The summed E-state index contributed by atoms with van der Waals surface area (Å²) < 4.78 is 8.05. The van der Waals surface area contributed by atoms with E-state index in [9.17, 15) is 4.79 Å². The van der Waals surface area contributed by atoms with E-state index in [0.717, 1.165) is 24.5 Å². The highest BCUT2D eigenvalue weighted by molar-refractivity contribution is 7.99. The zero-order chi connectivity index (χ0) is 18.6. The van der Waals surface area contributed by atoms with Gasteiger partial charge in [0.15, 0.2) is 0 Å². The first-order chi connectivity index (χ1) is 13.2. The van der Waals surface area contributed by atoms with Gasteiger partial charge in [0.25, 0.3) is 5.91 Å². The number of benzene rings is 1. The van der Waals surface area contributed by atoms with Crippen LogP contribution in [0, 0.1) is 6.92 Å². The van der Waals surface area contributed by atoms with E-state index in [0.29, 0.717) is 18.0 Å². The van der Waals surface area contributed by atoms with Gasteiger partial charge < -0.3 is 14.6 Å². The van der Waals surface area contributed by atoms with Gasteiger partial charge in [-0.25, -0.2) is 4.98 Å². The molecule has 3 heterocycles. The molecule has 27 heavy (non-hydrogen) atoms. The van der Waals surface area contributed by atoms with Gasteiger partial charge in [-0.05, 0) is 42.7 Å². The summed E-state index contributed by atoms with van der Waals surface area (Å²) in [6.45, 7) is 3.39. The second-order valence-corrected chi connectivity index (χ2v) is 7.89. The van der Waals surface area contributed by atoms with Crippen LogP contribution >= 0.6 is 11.8 Å². The lowest BCUT2D eigenvalue weighted by Gasteiger charge is -2.12. The van der Waals surface area contributed by atoms with Crippen molar-refractivity contribution in [3.05, 3.63) is 59.9 Å². The molecule has 1 atom stereocenters. The first-order valence-corrected chi connectivity index (χ1v) is 10.4. The van der Waals surface area contributed by atoms with E-state index >= 15 is 0 Å². The van der Waals surface area contributed by atoms with Gasteiger partial charge in [0.1, 0.15) is 6.10 Å². The Balaban J connectivity index is 1.33. The quantitative estimate of drug-likeness (QED) is 0.708. The van der Waals surface area contributed by atoms with Crippen molar-refractivity contribution in [1.82, 2.24) is 14.9 Å². The molecule has 2 aromatic heterocycles. The molecular formula is C21H23N3O2S. The summed E-state index contributed by atoms with van der Waals surface area (Å²) in [5.74, 6) is 2.63. The van der Waals surface area contributed by atoms with E-state index in [1.54, 1.807) is 18.3 Å². The molecule has 1 saturated heterocycles. The molecule has 0 radical (unpaired) electrons. The molecule has 5 nitrogen and oxygen atoms in total. The van der Waals surface area contributed by atoms with Crippen molar-refractivity contribution in [3.63, 3.8) is 0 Å². The number of fused-ring (bicyclic) bond motifs is 1. The van der Waals surface area contributed by atoms with Crippen LogP contribution in [0.5, 0.6) is 5.88 Å². The molecule has 1 aliphatic heterocycles. The highest BCUT2D eigenvalue weighted by Gasteiger charge is 2.17. The first-order valence-electron chi connectivity index (χ1n) is 9.24. The molecule has 1 aliphatic rings. The Morgan fingerprint density at radius 3 is 3.00 bits per heavy atom. The number of hydrogen-bond donors (Lipinski definition) is 1. The second kappa shape index (κ2) is 8.05. The Hall–Kier alpha value is -2.47. The van der Waals surface area contributed by atoms with Gasteiger partial charge in [0.2, 0.25) is 5.88 Å². The molecule has 6 heteroatoms. The SMILES string of the molecule is Cc1cc2ccccc2n1CCNC(=O)c1ccc(O[C@H]2CCSC2)nc1. The normalized spacial score (nSPS) is 16.6. The average molecular weight is 382 g/mol. The van der Waals surface area contributed by atoms with Crippen LogP contribution in [0.25, 0.3) is 10.9 Å². The number of amides is 1. The van der Waals surface area contributed by atoms with Gasteiger partial charge >= 0.3 is 0 Å². The standard InChI is InChI=1S/C21H23N3O2S/c1-15-12-16-4-2-3-5-19(16)24(15)10-9-22-21(25)17-6-7-20(23-13-17)26-18-8-11-27-14-18/h2-7,12-13,18H,8-11,14H2,1H3,(H,22,25)/t18-/m0/s1. The summed E-state index contributed by atoms with van der Waals surface area (Å²) in [5, 5.41) is 4.20. The zero-order valence-corrected chi connectivity index (χ0v) is 16.2. The lowest BCUT2D eigenvalue weighted by Crippen LogP contribution is -2.27. The summed E-state index contributed by atoms with van der Waals surface area (Å²) in [6, 6.07) is 14.0. The van der Waals surface area contributed by atoms with E-state index in [2.05, 4.69) is 40.0 Å². The van der Waals surface area contributed by atoms with E-state index < -0.39 is 0 Å². The van der Waals surface area contributed by atoms with Crippen LogP contribution in [0.1, 0.15) is 22.5 Å². The number of rotatable bonds is 6. The lowest BCUT2D eigenvalue weighted by molar-refractivity contribution is 0.0952. The molecule has 1 aromatic carbocycles. The molecule has 1 fully saturated rings. The molecule has 0 unspecified atom stereocenters. The van der Waals surface area contributed by atoms with Crippen molar-refractivity contribution in [2.75, 3.05) is 18.1 Å². The van der Waals surface area contributed by atoms with Crippen molar-refractivity contribution in [3.8, 4) is 5.88 Å². The predicted molar refractivity (Wildman–Crippen MR) is 110 cm³/mol. The maximum atomic E-state index is 12.4. The minimum Gasteiger partial charge on any atom is -0.473 e. The number of para-hydroxylation sites is 1. The van der Waals surface area contributed by atoms with Crippen molar-refractivity contribution in [2.45, 2.75) is 26.0 Å². The Morgan fingerprint density at radius 1 is 1.33 bits per heavy atom. The zero-order valence-electron chi connectivity index (χ0n) is 15.4. The van der Waals surface area contributed by atoms with Gasteiger partial charge in [-0.2, -0.15) is 11.8 Å². The summed E-state index contributed by atoms with van der Waals surface area (Å²) in [7, 11) is 0. The van der Waals surface area contributed by atoms with E-state index in [1.807, 2.05) is 23.9 Å². The van der Waals surface area contributed by atoms with Crippen molar-refractivity contribution >= 4 is 28.6 Å². The number of aryl methyl sites for hydroxylation is 1. The van der Waals surface area contributed by atoms with Crippen molar-refractivity contribution in [1.29, 1.82) is 0 Å². The molecular weight excluding hydrogens is 358 g/mol. The summed E-state index contributed by atoms with van der Waals surface area (Å²) >= 11 is 1.90. The molecule has 4 rings (SSSR count). The van der Waals surface area contributed by atoms with Crippen LogP contribution in [0.15, 0.2) is 48.7 Å². The van der Waals surface area contributed by atoms with Gasteiger partial charge in [0.05, 0.1) is 5.56 Å². The van der Waals surface area contributed by atoms with Crippen LogP contribution in [-0.4, -0.2) is 39.6 Å². The number of aromatic nitrogens is 2. The van der Waals surface area contributed by atoms with E-state index in [-0.39, 0.29) is 12.0 Å². The maximum absolute atomic E-state index is 12.4. The van der Waals surface area contributed by atoms with Gasteiger partial charge in [-0.1, -0.05) is 18.2 Å². The minimum absolute atomic E-state index is 0.111. The summed E-state index contributed by atoms with van der Waals surface area (Å²) in [6.07, 6.45) is 2.88. The predicted octanol–water partition coefficient (Wildman–Crippen LogP) is 3.66. The molecule has 3 aromatic rings. The third-order valence-electron chi connectivity index (χ3n) is 4.81. The number of nitrogens with one attached hydrogen (secondary N) is 1. The van der Waals surface area contributed by atoms with Gasteiger partial charge in [0, 0.05) is 42.3 Å². The first kappa shape index (κ1) is 17.9. The van der Waals surface area contributed by atoms with Crippen LogP contribution < -0.4 is 10.1 Å². The Labute approximate surface area is 163 Å². The molecule has 0 bridgehead atoms. The summed E-state index contributed by atoms with van der Waals surface area (Å²) in [5.41, 5.74) is 2.94. The minimum atomic E-state index is -0.111. The molecule has 1 N–H and O–H groups in total. The van der Waals surface area contributed by atoms with Crippen LogP contribution in [0.4, 0.5) is 0 Å². The van der Waals surface area contributed by atoms with Crippen LogP contribution in [-0.2, 0) is 6.54 Å². The fraction of sp³-hybridized carbons (Fsp3) is 0.333. The number of hydrogen-bond acceptors (Lipinski definition) is 4. The number of carbonyl (C=O) groups is 1. The molecule has 140 valence electrons. The highest BCUT2D eigenvalue weighted by Crippen LogP contribution is 2.22. The number of carbonyl (C=O) groups excluding carboxylic acids is 1. The van der Waals surface area contributed by atoms with E-state index in [4.69, 9.17) is 4.74 Å². The number of nitrogens with zero attached hydrogens (tertiary/aromatic N) is 2. The molecule has 0 aliphatic carbocycles. The monoisotopic (exact) mass is 381 g/mol. The Morgan fingerprint density at radius 2 is 2.22 bits per heavy atom. The lowest BCUT2D eigenvalue weighted by atomic mass is 10.2. The summed E-state index contributed by atoms with van der Waals surface area (Å²) in [4.78, 5) is 16.7. The Kier molecular flexibility index (Phi) is 5.34. The number of thioether (sulfide) groups is 1. The fourth-order valence-electron chi connectivity index (χ4n) is 3.39. The van der Waals surface area contributed by atoms with Crippen molar-refractivity contribution in [2.24, 2.45) is 0 Å². The van der Waals surface area contributed by atoms with Crippen molar-refractivity contribution < 1.29 is 9.53 Å². The largest absolute Gasteiger partial charge is 0.473 e. The molecule has 0 saturated carbocycles. The fourth-order valence-corrected chi connectivity index (χ4v) is 4.48.